The quantitative estimate of drug-likeness (QED) is 0.0828. The molecule has 0 atom stereocenters. The summed E-state index contributed by atoms with van der Waals surface area (Å²) in [6.07, 6.45) is 6.73. The minimum Gasteiger partial charge on any atom is -0.372 e. The first-order valence-corrected chi connectivity index (χ1v) is 13.4. The largest absolute Gasteiger partial charge is 0.372 e. The van der Waals surface area contributed by atoms with Crippen molar-refractivity contribution >= 4 is 57.4 Å². The summed E-state index contributed by atoms with van der Waals surface area (Å²) in [5, 5.41) is 13.2. The second kappa shape index (κ2) is 17.0. The maximum absolute atomic E-state index is 10.9. The van der Waals surface area contributed by atoms with Gasteiger partial charge in [-0.1, -0.05) is 22.0 Å². The zero-order valence-corrected chi connectivity index (χ0v) is 23.8. The number of carbonyl (C=O) groups is 3. The third-order valence-corrected chi connectivity index (χ3v) is 6.68. The van der Waals surface area contributed by atoms with E-state index in [0.717, 1.165) is 66.7 Å². The van der Waals surface area contributed by atoms with E-state index in [9.17, 15) is 14.8 Å². The van der Waals surface area contributed by atoms with Crippen LogP contribution in [0.4, 0.5) is 11.4 Å². The number of nitrogens with zero attached hydrogens (tertiary/aromatic N) is 3. The molecule has 11 heteroatoms. The number of likely N-dealkylation sites (tertiary alicyclic amines) is 1. The van der Waals surface area contributed by atoms with Crippen LogP contribution in [0.5, 0.6) is 0 Å². The Kier molecular flexibility index (Phi) is 13.8. The molecule has 3 aromatic rings. The van der Waals surface area contributed by atoms with Gasteiger partial charge in [0.15, 0.2) is 5.69 Å². The molecule has 0 bridgehead atoms. The number of hydrogen-bond acceptors (Lipinski definition) is 5. The van der Waals surface area contributed by atoms with Gasteiger partial charge in [-0.2, -0.15) is 5.48 Å². The van der Waals surface area contributed by atoms with Crippen molar-refractivity contribution in [3.05, 3.63) is 71.4 Å². The zero-order valence-electron chi connectivity index (χ0n) is 22.2. The van der Waals surface area contributed by atoms with E-state index in [0.29, 0.717) is 19.0 Å². The van der Waals surface area contributed by atoms with E-state index in [4.69, 9.17) is 4.79 Å². The number of benzene rings is 2. The average molecular weight is 603 g/mol. The van der Waals surface area contributed by atoms with Crippen LogP contribution < -0.4 is 21.4 Å². The number of allylic oxidation sites excluding steroid dienone is 1. The summed E-state index contributed by atoms with van der Waals surface area (Å²) >= 11 is 3.61. The van der Waals surface area contributed by atoms with Crippen molar-refractivity contribution in [1.29, 1.82) is 0 Å². The molecule has 1 aliphatic rings. The van der Waals surface area contributed by atoms with Crippen LogP contribution in [0.2, 0.25) is 0 Å². The SMILES string of the molecule is C=CC.NC=O.O=CNCCN(CCc1cn(CC2CN(C=O)C2)c2ccc(Br)cc12)c1ccc([NH2+]O)cc1. The van der Waals surface area contributed by atoms with Crippen LogP contribution in [-0.2, 0) is 27.3 Å². The summed E-state index contributed by atoms with van der Waals surface area (Å²) in [6, 6.07) is 14.1. The third kappa shape index (κ3) is 9.54. The molecule has 210 valence electrons. The molecule has 0 saturated carbocycles. The van der Waals surface area contributed by atoms with Gasteiger partial charge in [-0.3, -0.25) is 14.4 Å². The number of hydrogen-bond donors (Lipinski definition) is 4. The molecule has 6 N–H and O–H groups in total. The van der Waals surface area contributed by atoms with E-state index in [1.54, 1.807) is 11.0 Å². The van der Waals surface area contributed by atoms with Gasteiger partial charge in [0.25, 0.3) is 0 Å². The highest BCUT2D eigenvalue weighted by Gasteiger charge is 2.26. The molecule has 2 heterocycles. The first-order valence-electron chi connectivity index (χ1n) is 12.6. The number of primary amides is 1. The minimum absolute atomic E-state index is 0.250. The van der Waals surface area contributed by atoms with Gasteiger partial charge < -0.3 is 25.4 Å². The smallest absolute Gasteiger partial charge is 0.209 e. The Hall–Kier alpha value is -3.67. The van der Waals surface area contributed by atoms with E-state index in [2.05, 4.69) is 67.4 Å². The Morgan fingerprint density at radius 3 is 2.44 bits per heavy atom. The fourth-order valence-corrected chi connectivity index (χ4v) is 4.80. The number of nitrogens with one attached hydrogen (secondary N) is 1. The third-order valence-electron chi connectivity index (χ3n) is 6.18. The Balaban J connectivity index is 0.000000815. The number of quaternary nitrogens is 1. The monoisotopic (exact) mass is 601 g/mol. The number of anilines is 1. The molecular weight excluding hydrogens is 564 g/mol. The first-order chi connectivity index (χ1) is 18.9. The molecule has 1 aliphatic heterocycles. The van der Waals surface area contributed by atoms with Crippen LogP contribution in [0.25, 0.3) is 10.9 Å². The molecule has 0 unspecified atom stereocenters. The Labute approximate surface area is 237 Å². The van der Waals surface area contributed by atoms with E-state index in [1.807, 2.05) is 31.2 Å². The van der Waals surface area contributed by atoms with Crippen LogP contribution in [0.1, 0.15) is 12.5 Å². The lowest BCUT2D eigenvalue weighted by Gasteiger charge is -2.36. The van der Waals surface area contributed by atoms with Gasteiger partial charge in [-0.15, -0.1) is 6.58 Å². The van der Waals surface area contributed by atoms with E-state index < -0.39 is 0 Å². The van der Waals surface area contributed by atoms with Crippen molar-refractivity contribution in [3.63, 3.8) is 0 Å². The summed E-state index contributed by atoms with van der Waals surface area (Å²) in [7, 11) is 0. The molecule has 2 aromatic carbocycles. The van der Waals surface area contributed by atoms with Crippen LogP contribution in [0.3, 0.4) is 0 Å². The van der Waals surface area contributed by atoms with Crippen molar-refractivity contribution in [1.82, 2.24) is 14.8 Å². The van der Waals surface area contributed by atoms with Crippen LogP contribution in [-0.4, -0.2) is 66.6 Å². The van der Waals surface area contributed by atoms with Gasteiger partial charge in [-0.25, -0.2) is 5.21 Å². The standard InChI is InChI=1S/C24H28BrN5O3.C3H6.CH3NO/c25-20-1-6-24-23(11-20)19(15-30(24)14-18-12-28(13-18)17-32)7-9-29(10-8-26-16-31)22-4-2-21(27-33)3-5-22;1-3-2;2-1-3/h1-6,11,15-18,27,33H,7-10,12-14H2,(H,26,31);3H,1H2,2H3;1H,(H2,2,3)/p+1. The summed E-state index contributed by atoms with van der Waals surface area (Å²) in [4.78, 5) is 34.3. The molecule has 1 fully saturated rings. The molecule has 0 radical (unpaired) electrons. The molecular formula is C28H38BrN6O4+. The molecule has 3 amide bonds. The fourth-order valence-electron chi connectivity index (χ4n) is 4.44. The Bertz CT molecular complexity index is 1190. The highest BCUT2D eigenvalue weighted by atomic mass is 79.9. The summed E-state index contributed by atoms with van der Waals surface area (Å²) < 4.78 is 3.36. The minimum atomic E-state index is 0.250. The maximum Gasteiger partial charge on any atom is 0.209 e. The summed E-state index contributed by atoms with van der Waals surface area (Å²) in [5.41, 5.74) is 9.52. The first kappa shape index (κ1) is 31.5. The lowest BCUT2D eigenvalue weighted by Crippen LogP contribution is -2.73. The zero-order chi connectivity index (χ0) is 28.6. The fraction of sp³-hybridized carbons (Fsp3) is 0.321. The number of amides is 3. The average Bonchev–Trinajstić information content (AvgIpc) is 3.25. The maximum atomic E-state index is 10.9. The van der Waals surface area contributed by atoms with E-state index in [1.165, 1.54) is 16.5 Å². The summed E-state index contributed by atoms with van der Waals surface area (Å²) in [6.45, 7) is 9.80. The van der Waals surface area contributed by atoms with Gasteiger partial charge in [-0.05, 0) is 49.2 Å². The molecule has 1 saturated heterocycles. The van der Waals surface area contributed by atoms with Gasteiger partial charge in [0.1, 0.15) is 0 Å². The highest BCUT2D eigenvalue weighted by Crippen LogP contribution is 2.28. The second-order valence-corrected chi connectivity index (χ2v) is 9.88. The predicted molar refractivity (Wildman–Crippen MR) is 157 cm³/mol. The number of rotatable bonds is 12. The van der Waals surface area contributed by atoms with E-state index >= 15 is 0 Å². The number of carbonyl (C=O) groups excluding carboxylic acids is 3. The number of nitrogens with two attached hydrogens (primary N) is 2. The van der Waals surface area contributed by atoms with E-state index in [-0.39, 0.29) is 6.41 Å². The van der Waals surface area contributed by atoms with Gasteiger partial charge in [0.05, 0.1) is 0 Å². The normalized spacial score (nSPS) is 12.2. The van der Waals surface area contributed by atoms with Crippen LogP contribution in [0.15, 0.2) is 65.8 Å². The Morgan fingerprint density at radius 2 is 1.85 bits per heavy atom. The molecule has 0 aliphatic carbocycles. The van der Waals surface area contributed by atoms with Crippen molar-refractivity contribution < 1.29 is 25.1 Å². The lowest BCUT2D eigenvalue weighted by atomic mass is 10.0. The van der Waals surface area contributed by atoms with Crippen molar-refractivity contribution in [2.45, 2.75) is 19.9 Å². The number of aromatic nitrogens is 1. The lowest BCUT2D eigenvalue weighted by molar-refractivity contribution is -0.825. The van der Waals surface area contributed by atoms with Crippen molar-refractivity contribution in [3.8, 4) is 0 Å². The topological polar surface area (TPSA) is 138 Å². The van der Waals surface area contributed by atoms with Crippen LogP contribution in [0, 0.1) is 5.92 Å². The van der Waals surface area contributed by atoms with Crippen molar-refractivity contribution in [2.75, 3.05) is 37.6 Å². The van der Waals surface area contributed by atoms with Gasteiger partial charge in [0.2, 0.25) is 19.2 Å². The number of fused-ring (bicyclic) bond motifs is 1. The van der Waals surface area contributed by atoms with Gasteiger partial charge in [0, 0.05) is 84.6 Å². The molecule has 10 nitrogen and oxygen atoms in total. The molecule has 1 aromatic heterocycles. The summed E-state index contributed by atoms with van der Waals surface area (Å²) in [5.74, 6) is 0.482. The molecule has 0 spiro atoms. The van der Waals surface area contributed by atoms with Crippen LogP contribution >= 0.6 is 15.9 Å². The van der Waals surface area contributed by atoms with Gasteiger partial charge >= 0.3 is 0 Å². The molecule has 39 heavy (non-hydrogen) atoms. The Morgan fingerprint density at radius 1 is 1.18 bits per heavy atom. The van der Waals surface area contributed by atoms with Crippen molar-refractivity contribution in [2.24, 2.45) is 11.7 Å². The highest BCUT2D eigenvalue weighted by molar-refractivity contribution is 9.10. The molecule has 4 rings (SSSR count). The number of halogens is 1. The second-order valence-electron chi connectivity index (χ2n) is 8.97. The predicted octanol–water partition coefficient (Wildman–Crippen LogP) is 2.17.